The van der Waals surface area contributed by atoms with Gasteiger partial charge in [0.15, 0.2) is 0 Å². The Kier molecular flexibility index (Phi) is 4.89. The Morgan fingerprint density at radius 1 is 1.00 bits per heavy atom. The van der Waals surface area contributed by atoms with Crippen molar-refractivity contribution < 1.29 is 18.3 Å². The van der Waals surface area contributed by atoms with E-state index in [1.165, 1.54) is 0 Å². The largest absolute Gasteiger partial charge is 0.545 e. The van der Waals surface area contributed by atoms with E-state index in [0.29, 0.717) is 5.69 Å². The first-order valence-electron chi connectivity index (χ1n) is 6.41. The highest BCUT2D eigenvalue weighted by molar-refractivity contribution is 7.92. The molecule has 2 aromatic carbocycles. The van der Waals surface area contributed by atoms with Crippen molar-refractivity contribution in [2.75, 3.05) is 4.72 Å². The van der Waals surface area contributed by atoms with Crippen molar-refractivity contribution in [3.05, 3.63) is 57.1 Å². The van der Waals surface area contributed by atoms with E-state index < -0.39 is 21.6 Å². The van der Waals surface area contributed by atoms with Crippen molar-refractivity contribution >= 4 is 44.9 Å². The van der Waals surface area contributed by atoms with E-state index in [-0.39, 0.29) is 14.9 Å². The number of anilines is 1. The summed E-state index contributed by atoms with van der Waals surface area (Å²) in [5, 5.41) is 10.6. The van der Waals surface area contributed by atoms with Crippen molar-refractivity contribution in [2.45, 2.75) is 18.7 Å². The fourth-order valence-electron chi connectivity index (χ4n) is 2.14. The number of hydrogen-bond acceptors (Lipinski definition) is 4. The molecule has 0 bridgehead atoms. The normalized spacial score (nSPS) is 11.3. The minimum atomic E-state index is -4.08. The number of aryl methyl sites for hydroxylation is 2. The Morgan fingerprint density at radius 3 is 2.09 bits per heavy atom. The van der Waals surface area contributed by atoms with Gasteiger partial charge < -0.3 is 9.90 Å². The predicted octanol–water partition coefficient (Wildman–Crippen LogP) is 2.77. The number of carbonyl (C=O) groups excluding carboxylic acids is 1. The van der Waals surface area contributed by atoms with Gasteiger partial charge in [-0.3, -0.25) is 4.72 Å². The van der Waals surface area contributed by atoms with Gasteiger partial charge in [-0.15, -0.1) is 0 Å². The molecule has 0 amide bonds. The number of carbonyl (C=O) groups is 1. The molecule has 0 aliphatic heterocycles. The van der Waals surface area contributed by atoms with Crippen LogP contribution >= 0.6 is 23.2 Å². The first-order valence-corrected chi connectivity index (χ1v) is 8.65. The molecule has 0 aliphatic rings. The molecular formula is C15H12Cl2NO4S-. The van der Waals surface area contributed by atoms with Gasteiger partial charge in [-0.1, -0.05) is 29.3 Å². The number of halogens is 2. The molecule has 0 aliphatic carbocycles. The first kappa shape index (κ1) is 17.6. The van der Waals surface area contributed by atoms with E-state index in [9.17, 15) is 18.3 Å². The quantitative estimate of drug-likeness (QED) is 0.893. The molecule has 0 atom stereocenters. The van der Waals surface area contributed by atoms with Crippen molar-refractivity contribution in [3.63, 3.8) is 0 Å². The fraction of sp³-hybridized carbons (Fsp3) is 0.133. The summed E-state index contributed by atoms with van der Waals surface area (Å²) >= 11 is 11.6. The van der Waals surface area contributed by atoms with Crippen LogP contribution in [0.25, 0.3) is 0 Å². The van der Waals surface area contributed by atoms with E-state index in [1.54, 1.807) is 12.1 Å². The highest BCUT2D eigenvalue weighted by atomic mass is 35.5. The lowest BCUT2D eigenvalue weighted by Crippen LogP contribution is -2.23. The smallest absolute Gasteiger partial charge is 0.263 e. The molecule has 0 spiro atoms. The van der Waals surface area contributed by atoms with Crippen LogP contribution in [0.1, 0.15) is 21.5 Å². The van der Waals surface area contributed by atoms with Gasteiger partial charge in [0.1, 0.15) is 4.90 Å². The molecule has 0 saturated carbocycles. The Hall–Kier alpha value is -1.76. The van der Waals surface area contributed by atoms with Gasteiger partial charge in [0.2, 0.25) is 0 Å². The van der Waals surface area contributed by atoms with Crippen LogP contribution in [0.4, 0.5) is 5.69 Å². The molecule has 0 heterocycles. The van der Waals surface area contributed by atoms with Gasteiger partial charge in [-0.2, -0.15) is 0 Å². The van der Waals surface area contributed by atoms with Crippen molar-refractivity contribution in [1.82, 2.24) is 0 Å². The standard InChI is InChI=1S/C15H13Cl2NO4S/c1-8-3-9(2)5-10(4-8)18-23(21,22)14-6-11(15(19)20)12(16)7-13(14)17/h3-7,18H,1-2H3,(H,19,20)/p-1. The molecule has 0 radical (unpaired) electrons. The zero-order chi connectivity index (χ0) is 17.4. The second-order valence-corrected chi connectivity index (χ2v) is 7.50. The molecule has 23 heavy (non-hydrogen) atoms. The second kappa shape index (κ2) is 6.39. The summed E-state index contributed by atoms with van der Waals surface area (Å²) in [4.78, 5) is 10.6. The number of sulfonamides is 1. The minimum absolute atomic E-state index is 0.183. The monoisotopic (exact) mass is 372 g/mol. The summed E-state index contributed by atoms with van der Waals surface area (Å²) in [6, 6.07) is 7.12. The first-order chi connectivity index (χ1) is 10.6. The van der Waals surface area contributed by atoms with Crippen LogP contribution in [0.5, 0.6) is 0 Å². The van der Waals surface area contributed by atoms with Gasteiger partial charge in [0.05, 0.1) is 16.0 Å². The summed E-state index contributed by atoms with van der Waals surface area (Å²) in [5.74, 6) is -1.59. The summed E-state index contributed by atoms with van der Waals surface area (Å²) in [7, 11) is -4.08. The third kappa shape index (κ3) is 3.96. The van der Waals surface area contributed by atoms with Gasteiger partial charge >= 0.3 is 0 Å². The van der Waals surface area contributed by atoms with Crippen LogP contribution in [-0.4, -0.2) is 14.4 Å². The summed E-state index contributed by atoms with van der Waals surface area (Å²) in [6.07, 6.45) is 0. The molecule has 122 valence electrons. The SMILES string of the molecule is Cc1cc(C)cc(NS(=O)(=O)c2cc(C(=O)[O-])c(Cl)cc2Cl)c1. The predicted molar refractivity (Wildman–Crippen MR) is 87.5 cm³/mol. The highest BCUT2D eigenvalue weighted by Gasteiger charge is 2.21. The number of aromatic carboxylic acids is 1. The summed E-state index contributed by atoms with van der Waals surface area (Å²) < 4.78 is 27.3. The maximum atomic E-state index is 12.5. The van der Waals surface area contributed by atoms with Crippen LogP contribution in [0, 0.1) is 13.8 Å². The molecule has 1 N–H and O–H groups in total. The average Bonchev–Trinajstić information content (AvgIpc) is 2.35. The maximum Gasteiger partial charge on any atom is 0.263 e. The number of nitrogens with one attached hydrogen (secondary N) is 1. The molecule has 2 aromatic rings. The molecule has 5 nitrogen and oxygen atoms in total. The summed E-state index contributed by atoms with van der Waals surface area (Å²) in [5.41, 5.74) is 1.65. The van der Waals surface area contributed by atoms with Crippen molar-refractivity contribution in [3.8, 4) is 0 Å². The van der Waals surface area contributed by atoms with Gasteiger partial charge in [0.25, 0.3) is 10.0 Å². The molecule has 2 rings (SSSR count). The number of benzene rings is 2. The van der Waals surface area contributed by atoms with E-state index in [1.807, 2.05) is 19.9 Å². The Morgan fingerprint density at radius 2 is 1.57 bits per heavy atom. The Labute approximate surface area is 143 Å². The zero-order valence-electron chi connectivity index (χ0n) is 12.2. The van der Waals surface area contributed by atoms with Crippen LogP contribution in [0.3, 0.4) is 0 Å². The van der Waals surface area contributed by atoms with Crippen LogP contribution < -0.4 is 9.83 Å². The lowest BCUT2D eigenvalue weighted by Gasteiger charge is -2.13. The van der Waals surface area contributed by atoms with Gasteiger partial charge in [-0.25, -0.2) is 8.42 Å². The van der Waals surface area contributed by atoms with Gasteiger partial charge in [0, 0.05) is 11.3 Å². The topological polar surface area (TPSA) is 86.3 Å². The second-order valence-electron chi connectivity index (χ2n) is 5.03. The van der Waals surface area contributed by atoms with E-state index in [4.69, 9.17) is 23.2 Å². The number of rotatable bonds is 4. The molecule has 0 unspecified atom stereocenters. The number of carboxylic acid groups (broad SMARTS) is 1. The van der Waals surface area contributed by atoms with Crippen LogP contribution in [0.15, 0.2) is 35.2 Å². The molecule has 8 heteroatoms. The molecule has 0 fully saturated rings. The molecule has 0 saturated heterocycles. The van der Waals surface area contributed by atoms with Crippen LogP contribution in [-0.2, 0) is 10.0 Å². The Balaban J connectivity index is 2.51. The molecule has 0 aromatic heterocycles. The lowest BCUT2D eigenvalue weighted by atomic mass is 10.1. The minimum Gasteiger partial charge on any atom is -0.545 e. The number of hydrogen-bond donors (Lipinski definition) is 1. The summed E-state index contributed by atoms with van der Waals surface area (Å²) in [6.45, 7) is 3.66. The zero-order valence-corrected chi connectivity index (χ0v) is 14.5. The van der Waals surface area contributed by atoms with Crippen molar-refractivity contribution in [1.29, 1.82) is 0 Å². The van der Waals surface area contributed by atoms with E-state index in [2.05, 4.69) is 4.72 Å². The van der Waals surface area contributed by atoms with E-state index >= 15 is 0 Å². The van der Waals surface area contributed by atoms with Gasteiger partial charge in [-0.05, 0) is 49.2 Å². The molecular weight excluding hydrogens is 361 g/mol. The maximum absolute atomic E-state index is 12.5. The lowest BCUT2D eigenvalue weighted by molar-refractivity contribution is -0.255. The average molecular weight is 373 g/mol. The third-order valence-electron chi connectivity index (χ3n) is 3.00. The third-order valence-corrected chi connectivity index (χ3v) is 5.16. The highest BCUT2D eigenvalue weighted by Crippen LogP contribution is 2.30. The van der Waals surface area contributed by atoms with Crippen LogP contribution in [0.2, 0.25) is 10.0 Å². The fourth-order valence-corrected chi connectivity index (χ4v) is 4.03. The number of carboxylic acids is 1. The van der Waals surface area contributed by atoms with Crippen molar-refractivity contribution in [2.24, 2.45) is 0 Å². The van der Waals surface area contributed by atoms with E-state index in [0.717, 1.165) is 23.3 Å². The Bertz CT molecular complexity index is 874.